The van der Waals surface area contributed by atoms with Crippen LogP contribution in [0.4, 0.5) is 0 Å². The SMILES string of the molecule is CO[C@]1(C(=O)O)C[C@H](O)[C@@H](NC(C)=O)[C@H]([C@H](O)[C@H](O)C(=O)O)O1. The summed E-state index contributed by atoms with van der Waals surface area (Å²) >= 11 is 0. The Bertz CT molecular complexity index is 482. The summed E-state index contributed by atoms with van der Waals surface area (Å²) in [5, 5.41) is 49.7. The van der Waals surface area contributed by atoms with Gasteiger partial charge in [0.05, 0.1) is 12.1 Å². The maximum atomic E-state index is 11.3. The fraction of sp³-hybridized carbons (Fsp3) is 0.750. The van der Waals surface area contributed by atoms with Gasteiger partial charge >= 0.3 is 11.9 Å². The molecule has 23 heavy (non-hydrogen) atoms. The number of rotatable bonds is 6. The molecule has 0 spiro atoms. The van der Waals surface area contributed by atoms with Crippen molar-refractivity contribution in [2.24, 2.45) is 0 Å². The molecule has 1 aliphatic rings. The molecule has 0 aliphatic carbocycles. The van der Waals surface area contributed by atoms with Gasteiger partial charge in [0.1, 0.15) is 12.2 Å². The van der Waals surface area contributed by atoms with Crippen molar-refractivity contribution >= 4 is 17.8 Å². The summed E-state index contributed by atoms with van der Waals surface area (Å²) in [7, 11) is 0.983. The zero-order valence-electron chi connectivity index (χ0n) is 12.4. The van der Waals surface area contributed by atoms with Crippen molar-refractivity contribution in [3.63, 3.8) is 0 Å². The van der Waals surface area contributed by atoms with Gasteiger partial charge in [-0.3, -0.25) is 4.79 Å². The van der Waals surface area contributed by atoms with Gasteiger partial charge in [-0.2, -0.15) is 0 Å². The lowest BCUT2D eigenvalue weighted by Crippen LogP contribution is -2.67. The third-order valence-corrected chi connectivity index (χ3v) is 3.51. The second kappa shape index (κ2) is 7.19. The Morgan fingerprint density at radius 3 is 2.26 bits per heavy atom. The number of hydrogen-bond donors (Lipinski definition) is 6. The zero-order chi connectivity index (χ0) is 17.9. The van der Waals surface area contributed by atoms with Crippen LogP contribution < -0.4 is 5.32 Å². The number of ether oxygens (including phenoxy) is 2. The summed E-state index contributed by atoms with van der Waals surface area (Å²) in [6.07, 6.45) is -8.33. The van der Waals surface area contributed by atoms with Crippen LogP contribution in [0.15, 0.2) is 0 Å². The smallest absolute Gasteiger partial charge is 0.364 e. The first-order valence-corrected chi connectivity index (χ1v) is 6.56. The van der Waals surface area contributed by atoms with E-state index in [2.05, 4.69) is 5.32 Å². The first kappa shape index (κ1) is 19.3. The van der Waals surface area contributed by atoms with E-state index in [4.69, 9.17) is 14.6 Å². The second-order valence-electron chi connectivity index (χ2n) is 5.12. The lowest BCUT2D eigenvalue weighted by Gasteiger charge is -2.45. The largest absolute Gasteiger partial charge is 0.479 e. The minimum Gasteiger partial charge on any atom is -0.479 e. The third-order valence-electron chi connectivity index (χ3n) is 3.51. The number of amides is 1. The number of carboxylic acid groups (broad SMARTS) is 2. The number of methoxy groups -OCH3 is 1. The van der Waals surface area contributed by atoms with Crippen molar-refractivity contribution in [2.45, 2.75) is 49.6 Å². The first-order valence-electron chi connectivity index (χ1n) is 6.56. The highest BCUT2D eigenvalue weighted by Gasteiger charge is 2.55. The lowest BCUT2D eigenvalue weighted by atomic mass is 9.88. The topological polar surface area (TPSA) is 183 Å². The monoisotopic (exact) mass is 337 g/mol. The van der Waals surface area contributed by atoms with Gasteiger partial charge in [0.2, 0.25) is 5.91 Å². The molecule has 6 atom stereocenters. The van der Waals surface area contributed by atoms with Crippen molar-refractivity contribution in [1.82, 2.24) is 5.32 Å². The van der Waals surface area contributed by atoms with Crippen molar-refractivity contribution in [1.29, 1.82) is 0 Å². The average molecular weight is 337 g/mol. The van der Waals surface area contributed by atoms with Gasteiger partial charge < -0.3 is 40.3 Å². The molecule has 1 saturated heterocycles. The quantitative estimate of drug-likeness (QED) is 0.290. The summed E-state index contributed by atoms with van der Waals surface area (Å²) in [4.78, 5) is 33.3. The summed E-state index contributed by atoms with van der Waals surface area (Å²) in [5.41, 5.74) is 0. The third kappa shape index (κ3) is 3.95. The molecule has 11 heteroatoms. The van der Waals surface area contributed by atoms with Gasteiger partial charge in [-0.1, -0.05) is 0 Å². The van der Waals surface area contributed by atoms with E-state index in [1.807, 2.05) is 0 Å². The van der Waals surface area contributed by atoms with E-state index in [9.17, 15) is 34.8 Å². The Morgan fingerprint density at radius 1 is 1.30 bits per heavy atom. The predicted octanol–water partition coefficient (Wildman–Crippen LogP) is -3.13. The highest BCUT2D eigenvalue weighted by molar-refractivity contribution is 5.77. The number of nitrogens with one attached hydrogen (secondary N) is 1. The zero-order valence-corrected chi connectivity index (χ0v) is 12.4. The predicted molar refractivity (Wildman–Crippen MR) is 70.1 cm³/mol. The van der Waals surface area contributed by atoms with Gasteiger partial charge in [0.25, 0.3) is 5.79 Å². The van der Waals surface area contributed by atoms with E-state index in [0.29, 0.717) is 0 Å². The van der Waals surface area contributed by atoms with Gasteiger partial charge in [0, 0.05) is 20.5 Å². The molecule has 0 aromatic heterocycles. The molecule has 11 nitrogen and oxygen atoms in total. The van der Waals surface area contributed by atoms with Crippen LogP contribution in [0.3, 0.4) is 0 Å². The number of carboxylic acids is 2. The van der Waals surface area contributed by atoms with Crippen LogP contribution in [-0.2, 0) is 23.9 Å². The van der Waals surface area contributed by atoms with E-state index in [1.165, 1.54) is 0 Å². The van der Waals surface area contributed by atoms with Gasteiger partial charge in [0.15, 0.2) is 6.10 Å². The summed E-state index contributed by atoms with van der Waals surface area (Å²) in [5.74, 6) is -6.42. The lowest BCUT2D eigenvalue weighted by molar-refractivity contribution is -0.302. The molecule has 0 aromatic carbocycles. The molecule has 0 saturated carbocycles. The number of aliphatic hydroxyl groups is 3. The molecule has 6 N–H and O–H groups in total. The average Bonchev–Trinajstić information content (AvgIpc) is 2.46. The molecule has 1 amide bonds. The fourth-order valence-electron chi connectivity index (χ4n) is 2.34. The Labute approximate surface area is 130 Å². The number of carbonyl (C=O) groups is 3. The van der Waals surface area contributed by atoms with E-state index in [-0.39, 0.29) is 0 Å². The minimum atomic E-state index is -2.36. The van der Waals surface area contributed by atoms with Crippen LogP contribution in [0, 0.1) is 0 Å². The molecule has 0 radical (unpaired) electrons. The molecule has 0 aromatic rings. The molecule has 1 aliphatic heterocycles. The van der Waals surface area contributed by atoms with E-state index in [0.717, 1.165) is 14.0 Å². The van der Waals surface area contributed by atoms with Crippen LogP contribution in [0.2, 0.25) is 0 Å². The molecule has 1 rings (SSSR count). The maximum Gasteiger partial charge on any atom is 0.364 e. The van der Waals surface area contributed by atoms with Gasteiger partial charge in [-0.25, -0.2) is 9.59 Å². The van der Waals surface area contributed by atoms with Crippen LogP contribution in [0.5, 0.6) is 0 Å². The minimum absolute atomic E-state index is 0.587. The molecular weight excluding hydrogens is 318 g/mol. The summed E-state index contributed by atoms with van der Waals surface area (Å²) in [6.45, 7) is 1.10. The number of aliphatic hydroxyl groups excluding tert-OH is 3. The van der Waals surface area contributed by atoms with Crippen molar-refractivity contribution < 1.29 is 49.4 Å². The standard InChI is InChI=1S/C12H19NO10/c1-4(14)13-6-5(15)3-12(22-2,11(20)21)23-9(6)7(16)8(17)10(18)19/h5-9,15-17H,3H2,1-2H3,(H,13,14)(H,18,19)(H,20,21)/t5-,6+,7+,8-,9+,12+/m0/s1. The number of carbonyl (C=O) groups excluding carboxylic acids is 1. The normalized spacial score (nSPS) is 33.5. The Hall–Kier alpha value is -1.79. The highest BCUT2D eigenvalue weighted by atomic mass is 16.7. The molecule has 0 unspecified atom stereocenters. The maximum absolute atomic E-state index is 11.3. The molecular formula is C12H19NO10. The van der Waals surface area contributed by atoms with E-state index in [1.54, 1.807) is 0 Å². The van der Waals surface area contributed by atoms with E-state index < -0.39 is 60.5 Å². The highest BCUT2D eigenvalue weighted by Crippen LogP contribution is 2.32. The fourth-order valence-corrected chi connectivity index (χ4v) is 2.34. The van der Waals surface area contributed by atoms with E-state index >= 15 is 0 Å². The second-order valence-corrected chi connectivity index (χ2v) is 5.12. The van der Waals surface area contributed by atoms with Gasteiger partial charge in [-0.05, 0) is 0 Å². The molecule has 132 valence electrons. The molecule has 1 heterocycles. The molecule has 1 fully saturated rings. The Balaban J connectivity index is 3.20. The van der Waals surface area contributed by atoms with Crippen LogP contribution in [0.1, 0.15) is 13.3 Å². The Morgan fingerprint density at radius 2 is 1.87 bits per heavy atom. The summed E-state index contributed by atoms with van der Waals surface area (Å²) < 4.78 is 9.88. The van der Waals surface area contributed by atoms with Gasteiger partial charge in [-0.15, -0.1) is 0 Å². The molecule has 0 bridgehead atoms. The van der Waals surface area contributed by atoms with Crippen molar-refractivity contribution in [3.05, 3.63) is 0 Å². The van der Waals surface area contributed by atoms with Crippen molar-refractivity contribution in [3.8, 4) is 0 Å². The summed E-state index contributed by atoms with van der Waals surface area (Å²) in [6, 6.07) is -1.35. The van der Waals surface area contributed by atoms with Crippen molar-refractivity contribution in [2.75, 3.05) is 7.11 Å². The van der Waals surface area contributed by atoms with Crippen LogP contribution >= 0.6 is 0 Å². The Kier molecular flexibility index (Phi) is 6.02. The first-order chi connectivity index (χ1) is 10.6. The number of aliphatic carboxylic acids is 2. The van der Waals surface area contributed by atoms with Crippen LogP contribution in [-0.4, -0.2) is 86.7 Å². The number of hydrogen-bond acceptors (Lipinski definition) is 8. The van der Waals surface area contributed by atoms with Crippen LogP contribution in [0.25, 0.3) is 0 Å².